The van der Waals surface area contributed by atoms with Crippen molar-refractivity contribution in [3.8, 4) is 0 Å². The Morgan fingerprint density at radius 1 is 1.32 bits per heavy atom. The zero-order valence-corrected chi connectivity index (χ0v) is 11.9. The number of carboxylic acid groups (broad SMARTS) is 1. The van der Waals surface area contributed by atoms with Crippen molar-refractivity contribution in [1.29, 1.82) is 0 Å². The maximum absolute atomic E-state index is 11.3. The first-order valence-electron chi connectivity index (χ1n) is 7.64. The molecule has 1 heterocycles. The van der Waals surface area contributed by atoms with Crippen LogP contribution in [0.4, 0.5) is 0 Å². The molecule has 106 valence electrons. The number of unbranched alkanes of at least 4 members (excludes halogenated alkanes) is 1. The number of hydrogen-bond donors (Lipinski definition) is 1. The molecule has 1 aliphatic carbocycles. The highest BCUT2D eigenvalue weighted by Crippen LogP contribution is 2.27. The molecule has 1 aliphatic rings. The number of carboxylic acids is 1. The molecular formula is C16H25NO2. The molecule has 3 heteroatoms. The van der Waals surface area contributed by atoms with E-state index in [9.17, 15) is 9.90 Å². The van der Waals surface area contributed by atoms with E-state index in [1.165, 1.54) is 37.8 Å². The topological polar surface area (TPSA) is 42.2 Å². The summed E-state index contributed by atoms with van der Waals surface area (Å²) in [6.45, 7) is 2.98. The first kappa shape index (κ1) is 14.2. The van der Waals surface area contributed by atoms with Crippen molar-refractivity contribution < 1.29 is 9.90 Å². The fourth-order valence-electron chi connectivity index (χ4n) is 3.14. The highest BCUT2D eigenvalue weighted by Gasteiger charge is 2.18. The molecule has 0 spiro atoms. The summed E-state index contributed by atoms with van der Waals surface area (Å²) in [5.74, 6) is -0.0448. The molecule has 1 fully saturated rings. The number of aromatic carboxylic acids is 1. The highest BCUT2D eigenvalue weighted by molar-refractivity contribution is 5.86. The molecule has 0 saturated heterocycles. The summed E-state index contributed by atoms with van der Waals surface area (Å²) in [4.78, 5) is 11.3. The lowest BCUT2D eigenvalue weighted by Gasteiger charge is -2.22. The number of aromatic nitrogens is 1. The zero-order chi connectivity index (χ0) is 13.7. The second-order valence-corrected chi connectivity index (χ2v) is 5.73. The summed E-state index contributed by atoms with van der Waals surface area (Å²) in [7, 11) is 0. The van der Waals surface area contributed by atoms with Crippen molar-refractivity contribution in [2.45, 2.75) is 64.8 Å². The van der Waals surface area contributed by atoms with E-state index in [0.717, 1.165) is 31.7 Å². The average Bonchev–Trinajstić information content (AvgIpc) is 2.80. The van der Waals surface area contributed by atoms with Gasteiger partial charge in [0, 0.05) is 12.2 Å². The lowest BCUT2D eigenvalue weighted by molar-refractivity contribution is 0.0684. The van der Waals surface area contributed by atoms with Gasteiger partial charge in [-0.25, -0.2) is 4.79 Å². The first-order valence-corrected chi connectivity index (χ1v) is 7.64. The van der Waals surface area contributed by atoms with Gasteiger partial charge >= 0.3 is 5.97 Å². The van der Waals surface area contributed by atoms with Gasteiger partial charge in [0.1, 0.15) is 5.69 Å². The van der Waals surface area contributed by atoms with E-state index in [1.807, 2.05) is 10.6 Å². The molecule has 0 unspecified atom stereocenters. The van der Waals surface area contributed by atoms with E-state index in [0.29, 0.717) is 5.69 Å². The average molecular weight is 263 g/mol. The summed E-state index contributed by atoms with van der Waals surface area (Å²) < 4.78 is 2.03. The molecule has 3 nitrogen and oxygen atoms in total. The maximum Gasteiger partial charge on any atom is 0.352 e. The summed E-state index contributed by atoms with van der Waals surface area (Å²) >= 11 is 0. The molecule has 1 N–H and O–H groups in total. The van der Waals surface area contributed by atoms with Crippen molar-refractivity contribution in [3.63, 3.8) is 0 Å². The summed E-state index contributed by atoms with van der Waals surface area (Å²) in [6, 6.07) is 3.80. The number of rotatable bonds is 6. The number of hydrogen-bond acceptors (Lipinski definition) is 1. The quantitative estimate of drug-likeness (QED) is 0.839. The molecule has 19 heavy (non-hydrogen) atoms. The van der Waals surface area contributed by atoms with Gasteiger partial charge in [-0.3, -0.25) is 0 Å². The van der Waals surface area contributed by atoms with Crippen LogP contribution in [0.1, 0.15) is 68.1 Å². The Hall–Kier alpha value is -1.25. The van der Waals surface area contributed by atoms with E-state index >= 15 is 0 Å². The predicted octanol–water partition coefficient (Wildman–Crippen LogP) is 4.11. The van der Waals surface area contributed by atoms with Gasteiger partial charge in [-0.15, -0.1) is 0 Å². The highest BCUT2D eigenvalue weighted by atomic mass is 16.4. The van der Waals surface area contributed by atoms with Gasteiger partial charge in [-0.05, 0) is 30.9 Å². The minimum atomic E-state index is -0.800. The van der Waals surface area contributed by atoms with Crippen molar-refractivity contribution in [1.82, 2.24) is 4.57 Å². The van der Waals surface area contributed by atoms with Crippen molar-refractivity contribution in [2.24, 2.45) is 5.92 Å². The van der Waals surface area contributed by atoms with E-state index in [4.69, 9.17) is 0 Å². The summed E-state index contributed by atoms with van der Waals surface area (Å²) in [5, 5.41) is 9.26. The van der Waals surface area contributed by atoms with Crippen molar-refractivity contribution in [2.75, 3.05) is 0 Å². The fourth-order valence-corrected chi connectivity index (χ4v) is 3.14. The Morgan fingerprint density at radius 3 is 2.68 bits per heavy atom. The van der Waals surface area contributed by atoms with E-state index in [2.05, 4.69) is 6.92 Å². The Balaban J connectivity index is 2.11. The van der Waals surface area contributed by atoms with Crippen LogP contribution in [-0.2, 0) is 13.0 Å². The molecule has 0 radical (unpaired) electrons. The molecule has 1 aromatic heterocycles. The van der Waals surface area contributed by atoms with Gasteiger partial charge in [-0.2, -0.15) is 0 Å². The van der Waals surface area contributed by atoms with Crippen LogP contribution in [0.2, 0.25) is 0 Å². The molecule has 1 saturated carbocycles. The molecule has 0 aliphatic heterocycles. The minimum Gasteiger partial charge on any atom is -0.477 e. The van der Waals surface area contributed by atoms with Crippen LogP contribution in [0.5, 0.6) is 0 Å². The number of carbonyl (C=O) groups is 1. The predicted molar refractivity (Wildman–Crippen MR) is 76.6 cm³/mol. The van der Waals surface area contributed by atoms with Gasteiger partial charge in [0.05, 0.1) is 0 Å². The Bertz CT molecular complexity index is 416. The Kier molecular flexibility index (Phi) is 5.06. The van der Waals surface area contributed by atoms with Crippen LogP contribution in [0.3, 0.4) is 0 Å². The van der Waals surface area contributed by atoms with Crippen LogP contribution in [0.25, 0.3) is 0 Å². The van der Waals surface area contributed by atoms with Crippen LogP contribution in [0.15, 0.2) is 12.1 Å². The Labute approximate surface area is 115 Å². The first-order chi connectivity index (χ1) is 9.22. The standard InChI is InChI=1S/C16H25NO2/c1-2-3-11-17-14(9-10-15(17)16(18)19)12-13-7-5-4-6-8-13/h9-10,13H,2-8,11-12H2,1H3,(H,18,19). The minimum absolute atomic E-state index is 0.458. The smallest absolute Gasteiger partial charge is 0.352 e. The van der Waals surface area contributed by atoms with Crippen molar-refractivity contribution >= 4 is 5.97 Å². The Morgan fingerprint density at radius 2 is 2.05 bits per heavy atom. The van der Waals surface area contributed by atoms with Crippen LogP contribution < -0.4 is 0 Å². The molecule has 2 rings (SSSR count). The third-order valence-electron chi connectivity index (χ3n) is 4.25. The third-order valence-corrected chi connectivity index (χ3v) is 4.25. The number of nitrogens with zero attached hydrogens (tertiary/aromatic N) is 1. The normalized spacial score (nSPS) is 16.7. The van der Waals surface area contributed by atoms with E-state index in [1.54, 1.807) is 6.07 Å². The third kappa shape index (κ3) is 3.62. The zero-order valence-electron chi connectivity index (χ0n) is 11.9. The molecule has 0 aromatic carbocycles. The second kappa shape index (κ2) is 6.78. The monoisotopic (exact) mass is 263 g/mol. The van der Waals surface area contributed by atoms with Crippen molar-refractivity contribution in [3.05, 3.63) is 23.5 Å². The second-order valence-electron chi connectivity index (χ2n) is 5.73. The van der Waals surface area contributed by atoms with Gasteiger partial charge in [-0.1, -0.05) is 45.4 Å². The van der Waals surface area contributed by atoms with Crippen LogP contribution in [0, 0.1) is 5.92 Å². The lowest BCUT2D eigenvalue weighted by Crippen LogP contribution is -2.15. The summed E-state index contributed by atoms with van der Waals surface area (Å²) in [6.07, 6.45) is 9.86. The summed E-state index contributed by atoms with van der Waals surface area (Å²) in [5.41, 5.74) is 1.68. The fraction of sp³-hybridized carbons (Fsp3) is 0.688. The molecule has 1 aromatic rings. The van der Waals surface area contributed by atoms with Crippen LogP contribution in [-0.4, -0.2) is 15.6 Å². The molecular weight excluding hydrogens is 238 g/mol. The molecule has 0 atom stereocenters. The van der Waals surface area contributed by atoms with Gasteiger partial charge in [0.2, 0.25) is 0 Å². The van der Waals surface area contributed by atoms with Gasteiger partial charge in [0.15, 0.2) is 0 Å². The van der Waals surface area contributed by atoms with Gasteiger partial charge in [0.25, 0.3) is 0 Å². The SMILES string of the molecule is CCCCn1c(CC2CCCCC2)ccc1C(=O)O. The van der Waals surface area contributed by atoms with Gasteiger partial charge < -0.3 is 9.67 Å². The molecule has 0 bridgehead atoms. The molecule has 0 amide bonds. The van der Waals surface area contributed by atoms with E-state index in [-0.39, 0.29) is 0 Å². The van der Waals surface area contributed by atoms with Crippen LogP contribution >= 0.6 is 0 Å². The maximum atomic E-state index is 11.3. The van der Waals surface area contributed by atoms with E-state index < -0.39 is 5.97 Å². The largest absolute Gasteiger partial charge is 0.477 e. The lowest BCUT2D eigenvalue weighted by atomic mass is 9.86.